The maximum Gasteiger partial charge on any atom is 0.180 e. The van der Waals surface area contributed by atoms with Crippen molar-refractivity contribution in [1.29, 1.82) is 0 Å². The average Bonchev–Trinajstić information content (AvgIpc) is 3.28. The predicted molar refractivity (Wildman–Crippen MR) is 175 cm³/mol. The summed E-state index contributed by atoms with van der Waals surface area (Å²) < 4.78 is 7.32. The molecule has 0 spiro atoms. The van der Waals surface area contributed by atoms with Gasteiger partial charge in [0.05, 0.1) is 25.0 Å². The van der Waals surface area contributed by atoms with E-state index in [1.165, 1.54) is 29.7 Å². The molecule has 2 aliphatic rings. The third-order valence-electron chi connectivity index (χ3n) is 9.37. The van der Waals surface area contributed by atoms with Crippen molar-refractivity contribution >= 4 is 11.5 Å². The van der Waals surface area contributed by atoms with Gasteiger partial charge in [0.15, 0.2) is 5.78 Å². The number of hydrogen-bond acceptors (Lipinski definition) is 7. The first-order valence-electron chi connectivity index (χ1n) is 16.0. The second-order valence-electron chi connectivity index (χ2n) is 12.4. The van der Waals surface area contributed by atoms with Crippen LogP contribution in [0.15, 0.2) is 48.7 Å². The summed E-state index contributed by atoms with van der Waals surface area (Å²) in [6.07, 6.45) is 8.63. The second-order valence-corrected chi connectivity index (χ2v) is 12.4. The number of hydrogen-bond donors (Lipinski definition) is 0. The van der Waals surface area contributed by atoms with Gasteiger partial charge < -0.3 is 14.5 Å². The fourth-order valence-electron chi connectivity index (χ4n) is 6.80. The summed E-state index contributed by atoms with van der Waals surface area (Å²) in [4.78, 5) is 27.7. The summed E-state index contributed by atoms with van der Waals surface area (Å²) in [7, 11) is 6.04. The van der Waals surface area contributed by atoms with E-state index in [1.54, 1.807) is 14.0 Å². The van der Waals surface area contributed by atoms with Crippen LogP contribution in [-0.4, -0.2) is 70.8 Å². The summed E-state index contributed by atoms with van der Waals surface area (Å²) in [5.41, 5.74) is 9.56. The van der Waals surface area contributed by atoms with Gasteiger partial charge in [0, 0.05) is 49.9 Å². The van der Waals surface area contributed by atoms with Gasteiger partial charge in [-0.2, -0.15) is 5.10 Å². The Bertz CT molecular complexity index is 1630. The Morgan fingerprint density at radius 2 is 1.82 bits per heavy atom. The molecule has 2 aromatic heterocycles. The van der Waals surface area contributed by atoms with Crippen LogP contribution in [0.25, 0.3) is 11.4 Å². The summed E-state index contributed by atoms with van der Waals surface area (Å²) >= 11 is 0. The fourth-order valence-corrected chi connectivity index (χ4v) is 6.80. The van der Waals surface area contributed by atoms with Gasteiger partial charge in [-0.25, -0.2) is 9.97 Å². The third-order valence-corrected chi connectivity index (χ3v) is 9.37. The molecular weight excluding hydrogens is 548 g/mol. The number of methoxy groups -OCH3 is 1. The highest BCUT2D eigenvalue weighted by atomic mass is 16.5. The lowest BCUT2D eigenvalue weighted by atomic mass is 9.98. The molecule has 230 valence electrons. The number of aromatic nitrogens is 4. The summed E-state index contributed by atoms with van der Waals surface area (Å²) in [6.45, 7) is 6.57. The minimum atomic E-state index is -0.00826. The molecule has 0 N–H and O–H groups in total. The molecular formula is C36H44N6O2. The zero-order valence-electron chi connectivity index (χ0n) is 26.8. The summed E-state index contributed by atoms with van der Waals surface area (Å²) in [5.74, 6) is 1.60. The highest BCUT2D eigenvalue weighted by Gasteiger charge is 2.28. The number of Topliss-reactive ketones (excluding diaryl/α,β-unsaturated/α-hetero) is 1. The first-order valence-corrected chi connectivity index (χ1v) is 16.0. The molecule has 4 aromatic rings. The van der Waals surface area contributed by atoms with E-state index >= 15 is 0 Å². The molecule has 0 radical (unpaired) electrons. The number of benzene rings is 2. The number of nitrogens with zero attached hydrogens (tertiary/aromatic N) is 6. The molecule has 0 saturated carbocycles. The highest BCUT2D eigenvalue weighted by molar-refractivity contribution is 5.95. The van der Waals surface area contributed by atoms with Crippen LogP contribution >= 0.6 is 0 Å². The van der Waals surface area contributed by atoms with Gasteiger partial charge in [0.2, 0.25) is 0 Å². The van der Waals surface area contributed by atoms with E-state index in [9.17, 15) is 4.79 Å². The van der Waals surface area contributed by atoms with Crippen LogP contribution in [0.2, 0.25) is 0 Å². The number of aryl methyl sites for hydroxylation is 2. The molecule has 6 rings (SSSR count). The van der Waals surface area contributed by atoms with Crippen LogP contribution in [0.1, 0.15) is 77.2 Å². The third kappa shape index (κ3) is 6.13. The zero-order chi connectivity index (χ0) is 30.8. The number of ether oxygens (including phenoxy) is 1. The number of carbonyl (C=O) groups excluding carboxylic acids is 1. The van der Waals surface area contributed by atoms with Crippen molar-refractivity contribution in [2.45, 2.75) is 71.4 Å². The number of piperidine rings is 1. The lowest BCUT2D eigenvalue weighted by molar-refractivity contribution is 0.101. The number of rotatable bonds is 9. The van der Waals surface area contributed by atoms with Gasteiger partial charge in [-0.05, 0) is 99.1 Å². The van der Waals surface area contributed by atoms with E-state index < -0.39 is 0 Å². The van der Waals surface area contributed by atoms with Crippen LogP contribution in [0, 0.1) is 0 Å². The monoisotopic (exact) mass is 592 g/mol. The SMILES string of the molecule is CCc1cc(N2CCC(N(C)C)CC2)ccc1Cc1ncc2c(n1)-c1c(c(C(C)=O)nn1Cc1ccc(OC)cc1)CCC2. The molecule has 1 fully saturated rings. The maximum absolute atomic E-state index is 12.7. The van der Waals surface area contributed by atoms with E-state index in [-0.39, 0.29) is 5.78 Å². The Morgan fingerprint density at radius 3 is 2.50 bits per heavy atom. The zero-order valence-corrected chi connectivity index (χ0v) is 26.8. The first-order chi connectivity index (χ1) is 21.3. The molecule has 0 unspecified atom stereocenters. The number of anilines is 1. The van der Waals surface area contributed by atoms with Gasteiger partial charge in [-0.3, -0.25) is 9.48 Å². The predicted octanol–water partition coefficient (Wildman–Crippen LogP) is 5.77. The van der Waals surface area contributed by atoms with E-state index in [4.69, 9.17) is 19.8 Å². The van der Waals surface area contributed by atoms with Gasteiger partial charge in [0.1, 0.15) is 17.3 Å². The molecule has 0 amide bonds. The van der Waals surface area contributed by atoms with E-state index in [2.05, 4.69) is 49.0 Å². The summed E-state index contributed by atoms with van der Waals surface area (Å²) in [6, 6.07) is 15.6. The molecule has 1 saturated heterocycles. The topological polar surface area (TPSA) is 76.4 Å². The van der Waals surface area contributed by atoms with Crippen molar-refractivity contribution in [2.24, 2.45) is 0 Å². The normalized spacial score (nSPS) is 15.2. The molecule has 8 heteroatoms. The van der Waals surface area contributed by atoms with Crippen LogP contribution < -0.4 is 9.64 Å². The van der Waals surface area contributed by atoms with Crippen molar-refractivity contribution < 1.29 is 9.53 Å². The standard InChI is InChI=1S/C36H44N6O2/c1-6-26-20-30(41-18-16-29(17-19-41)40(3)4)13-12-27(26)21-33-37-22-28-8-7-9-32-34(24(2)43)39-42(36(32)35(28)38-33)23-25-10-14-31(44-5)15-11-25/h10-15,20,22,29H,6-9,16-19,21,23H2,1-5H3. The fraction of sp³-hybridized carbons (Fsp3) is 0.444. The van der Waals surface area contributed by atoms with Crippen LogP contribution in [0.3, 0.4) is 0 Å². The van der Waals surface area contributed by atoms with Gasteiger partial charge >= 0.3 is 0 Å². The Balaban J connectivity index is 1.31. The first kappa shape index (κ1) is 30.0. The van der Waals surface area contributed by atoms with Gasteiger partial charge in [-0.15, -0.1) is 0 Å². The van der Waals surface area contributed by atoms with Crippen molar-refractivity contribution in [3.63, 3.8) is 0 Å². The molecule has 0 atom stereocenters. The molecule has 2 aromatic carbocycles. The number of carbonyl (C=O) groups is 1. The Morgan fingerprint density at radius 1 is 1.05 bits per heavy atom. The molecule has 44 heavy (non-hydrogen) atoms. The number of fused-ring (bicyclic) bond motifs is 3. The van der Waals surface area contributed by atoms with E-state index in [0.717, 1.165) is 78.4 Å². The summed E-state index contributed by atoms with van der Waals surface area (Å²) in [5, 5.41) is 4.85. The average molecular weight is 593 g/mol. The van der Waals surface area contributed by atoms with E-state index in [0.29, 0.717) is 24.7 Å². The Hall–Kier alpha value is -4.04. The lowest BCUT2D eigenvalue weighted by Crippen LogP contribution is -2.42. The maximum atomic E-state index is 12.7. The lowest BCUT2D eigenvalue weighted by Gasteiger charge is -2.36. The highest BCUT2D eigenvalue weighted by Crippen LogP contribution is 2.34. The molecule has 1 aliphatic carbocycles. The van der Waals surface area contributed by atoms with Gasteiger partial charge in [0.25, 0.3) is 0 Å². The van der Waals surface area contributed by atoms with Crippen molar-refractivity contribution in [2.75, 3.05) is 39.2 Å². The molecule has 1 aliphatic heterocycles. The quantitative estimate of drug-likeness (QED) is 0.228. The van der Waals surface area contributed by atoms with Crippen LogP contribution in [0.4, 0.5) is 5.69 Å². The largest absolute Gasteiger partial charge is 0.497 e. The molecule has 8 nitrogen and oxygen atoms in total. The smallest absolute Gasteiger partial charge is 0.180 e. The Kier molecular flexibility index (Phi) is 8.80. The van der Waals surface area contributed by atoms with Crippen LogP contribution in [0.5, 0.6) is 5.75 Å². The van der Waals surface area contributed by atoms with Gasteiger partial charge in [-0.1, -0.05) is 25.1 Å². The van der Waals surface area contributed by atoms with Crippen molar-refractivity contribution in [1.82, 2.24) is 24.6 Å². The van der Waals surface area contributed by atoms with Crippen molar-refractivity contribution in [3.8, 4) is 17.1 Å². The number of ketones is 1. The molecule has 0 bridgehead atoms. The molecule has 3 heterocycles. The minimum absolute atomic E-state index is 0.00826. The van der Waals surface area contributed by atoms with Crippen LogP contribution in [-0.2, 0) is 32.2 Å². The Labute approximate surface area is 261 Å². The van der Waals surface area contributed by atoms with E-state index in [1.807, 2.05) is 35.1 Å². The van der Waals surface area contributed by atoms with Crippen molar-refractivity contribution in [3.05, 3.63) is 88.0 Å². The second kappa shape index (κ2) is 12.9. The minimum Gasteiger partial charge on any atom is -0.497 e.